The highest BCUT2D eigenvalue weighted by Crippen LogP contribution is 2.13. The summed E-state index contributed by atoms with van der Waals surface area (Å²) in [5.74, 6) is 6.48. The van der Waals surface area contributed by atoms with Crippen molar-refractivity contribution in [3.8, 4) is 11.8 Å². The molecule has 0 atom stereocenters. The van der Waals surface area contributed by atoms with Crippen LogP contribution in [0.5, 0.6) is 0 Å². The molecular formula is C24H37Cl. The summed E-state index contributed by atoms with van der Waals surface area (Å²) in [5.41, 5.74) is 1.06. The molecule has 0 unspecified atom stereocenters. The van der Waals surface area contributed by atoms with Crippen molar-refractivity contribution in [2.24, 2.45) is 0 Å². The zero-order chi connectivity index (χ0) is 18.0. The lowest BCUT2D eigenvalue weighted by Crippen LogP contribution is -1.83. The zero-order valence-electron chi connectivity index (χ0n) is 16.3. The number of rotatable bonds is 14. The fraction of sp³-hybridized carbons (Fsp3) is 0.667. The van der Waals surface area contributed by atoms with E-state index >= 15 is 0 Å². The third kappa shape index (κ3) is 14.0. The minimum atomic E-state index is 0.775. The molecule has 0 amide bonds. The molecule has 0 radical (unpaired) electrons. The molecule has 0 aliphatic carbocycles. The van der Waals surface area contributed by atoms with Crippen LogP contribution in [0.15, 0.2) is 24.3 Å². The molecule has 0 aromatic heterocycles. The summed E-state index contributed by atoms with van der Waals surface area (Å²) < 4.78 is 0. The second-order valence-corrected chi connectivity index (χ2v) is 7.59. The molecule has 0 spiro atoms. The van der Waals surface area contributed by atoms with Crippen molar-refractivity contribution in [1.29, 1.82) is 0 Å². The molecule has 1 aromatic carbocycles. The molecule has 1 heteroatoms. The van der Waals surface area contributed by atoms with Crippen molar-refractivity contribution in [3.05, 3.63) is 34.9 Å². The molecule has 140 valence electrons. The molecule has 0 fully saturated rings. The summed E-state index contributed by atoms with van der Waals surface area (Å²) in [5, 5.41) is 0.775. The fourth-order valence-corrected chi connectivity index (χ4v) is 3.23. The minimum Gasteiger partial charge on any atom is -0.0979 e. The lowest BCUT2D eigenvalue weighted by molar-refractivity contribution is 0.536. The predicted molar refractivity (Wildman–Crippen MR) is 113 cm³/mol. The number of hydrogen-bond donors (Lipinski definition) is 0. The van der Waals surface area contributed by atoms with Gasteiger partial charge in [0.2, 0.25) is 0 Å². The molecule has 0 saturated heterocycles. The Bertz CT molecular complexity index is 463. The monoisotopic (exact) mass is 360 g/mol. The summed E-state index contributed by atoms with van der Waals surface area (Å²) in [6.07, 6.45) is 20.7. The third-order valence-electron chi connectivity index (χ3n) is 4.73. The van der Waals surface area contributed by atoms with Crippen molar-refractivity contribution < 1.29 is 0 Å². The Morgan fingerprint density at radius 3 is 1.56 bits per heavy atom. The van der Waals surface area contributed by atoms with Crippen molar-refractivity contribution in [2.75, 3.05) is 0 Å². The molecule has 1 aromatic rings. The van der Waals surface area contributed by atoms with Crippen molar-refractivity contribution in [1.82, 2.24) is 0 Å². The predicted octanol–water partition coefficient (Wildman–Crippen LogP) is 8.56. The van der Waals surface area contributed by atoms with E-state index in [9.17, 15) is 0 Å². The van der Waals surface area contributed by atoms with Gasteiger partial charge >= 0.3 is 0 Å². The largest absolute Gasteiger partial charge is 0.0979 e. The van der Waals surface area contributed by atoms with E-state index in [2.05, 4.69) is 18.8 Å². The number of benzene rings is 1. The van der Waals surface area contributed by atoms with Crippen LogP contribution in [0.25, 0.3) is 0 Å². The molecular weight excluding hydrogens is 324 g/mol. The Hall–Kier alpha value is -0.930. The van der Waals surface area contributed by atoms with Gasteiger partial charge in [-0.3, -0.25) is 0 Å². The first-order chi connectivity index (χ1) is 12.3. The highest BCUT2D eigenvalue weighted by molar-refractivity contribution is 6.30. The van der Waals surface area contributed by atoms with Gasteiger partial charge in [-0.2, -0.15) is 0 Å². The maximum atomic E-state index is 5.87. The lowest BCUT2D eigenvalue weighted by Gasteiger charge is -2.02. The van der Waals surface area contributed by atoms with Gasteiger partial charge in [0.05, 0.1) is 0 Å². The van der Waals surface area contributed by atoms with E-state index in [-0.39, 0.29) is 0 Å². The van der Waals surface area contributed by atoms with Gasteiger partial charge in [-0.05, 0) is 30.7 Å². The SMILES string of the molecule is CCCCCCCCCCCCCCCCC#Cc1ccc(Cl)cc1. The Morgan fingerprint density at radius 2 is 1.08 bits per heavy atom. The van der Waals surface area contributed by atoms with Crippen LogP contribution >= 0.6 is 11.6 Å². The normalized spacial score (nSPS) is 10.5. The lowest BCUT2D eigenvalue weighted by atomic mass is 10.0. The quantitative estimate of drug-likeness (QED) is 0.230. The summed E-state index contributed by atoms with van der Waals surface area (Å²) in [7, 11) is 0. The van der Waals surface area contributed by atoms with Crippen LogP contribution in [0.2, 0.25) is 5.02 Å². The van der Waals surface area contributed by atoms with Crippen molar-refractivity contribution in [3.63, 3.8) is 0 Å². The molecule has 25 heavy (non-hydrogen) atoms. The van der Waals surface area contributed by atoms with E-state index in [1.807, 2.05) is 24.3 Å². The molecule has 0 N–H and O–H groups in total. The first-order valence-corrected chi connectivity index (χ1v) is 10.9. The smallest absolute Gasteiger partial charge is 0.0406 e. The fourth-order valence-electron chi connectivity index (χ4n) is 3.11. The van der Waals surface area contributed by atoms with E-state index in [0.29, 0.717) is 0 Å². The van der Waals surface area contributed by atoms with E-state index < -0.39 is 0 Å². The van der Waals surface area contributed by atoms with Gasteiger partial charge < -0.3 is 0 Å². The van der Waals surface area contributed by atoms with E-state index in [1.54, 1.807) is 0 Å². The van der Waals surface area contributed by atoms with Gasteiger partial charge in [-0.15, -0.1) is 0 Å². The Balaban J connectivity index is 1.81. The van der Waals surface area contributed by atoms with Crippen LogP contribution in [-0.4, -0.2) is 0 Å². The van der Waals surface area contributed by atoms with Gasteiger partial charge in [0, 0.05) is 17.0 Å². The molecule has 1 rings (SSSR count). The van der Waals surface area contributed by atoms with Gasteiger partial charge in [0.1, 0.15) is 0 Å². The number of unbranched alkanes of at least 4 members (excludes halogenated alkanes) is 14. The molecule has 0 heterocycles. The molecule has 0 aliphatic heterocycles. The zero-order valence-corrected chi connectivity index (χ0v) is 17.0. The van der Waals surface area contributed by atoms with Crippen LogP contribution in [0, 0.1) is 11.8 Å². The molecule has 0 aliphatic rings. The summed E-state index contributed by atoms with van der Waals surface area (Å²) in [6.45, 7) is 2.29. The van der Waals surface area contributed by atoms with Gasteiger partial charge in [-0.25, -0.2) is 0 Å². The van der Waals surface area contributed by atoms with Crippen LogP contribution in [0.3, 0.4) is 0 Å². The third-order valence-corrected chi connectivity index (χ3v) is 4.98. The summed E-state index contributed by atoms with van der Waals surface area (Å²) in [4.78, 5) is 0. The van der Waals surface area contributed by atoms with Crippen molar-refractivity contribution in [2.45, 2.75) is 103 Å². The average molecular weight is 361 g/mol. The van der Waals surface area contributed by atoms with Crippen LogP contribution in [-0.2, 0) is 0 Å². The average Bonchev–Trinajstić information content (AvgIpc) is 2.63. The molecule has 0 nitrogen and oxygen atoms in total. The Labute approximate surface area is 161 Å². The number of halogens is 1. The standard InChI is InChI=1S/C24H37Cl/c1-2-3-4-5-6-7-8-9-10-11-12-13-14-15-16-17-18-23-19-21-24(25)22-20-23/h19-22H,2-16H2,1H3. The van der Waals surface area contributed by atoms with Gasteiger partial charge in [0.25, 0.3) is 0 Å². The van der Waals surface area contributed by atoms with E-state index in [0.717, 1.165) is 17.0 Å². The first kappa shape index (κ1) is 22.1. The highest BCUT2D eigenvalue weighted by Gasteiger charge is 1.94. The van der Waals surface area contributed by atoms with Gasteiger partial charge in [-0.1, -0.05) is 114 Å². The molecule has 0 bridgehead atoms. The highest BCUT2D eigenvalue weighted by atomic mass is 35.5. The topological polar surface area (TPSA) is 0 Å². The second kappa shape index (κ2) is 16.5. The van der Waals surface area contributed by atoms with Crippen molar-refractivity contribution >= 4 is 11.6 Å². The minimum absolute atomic E-state index is 0.775. The maximum Gasteiger partial charge on any atom is 0.0406 e. The van der Waals surface area contributed by atoms with E-state index in [4.69, 9.17) is 11.6 Å². The summed E-state index contributed by atoms with van der Waals surface area (Å²) >= 11 is 5.87. The summed E-state index contributed by atoms with van der Waals surface area (Å²) in [6, 6.07) is 7.77. The Kier molecular flexibility index (Phi) is 14.6. The van der Waals surface area contributed by atoms with Crippen LogP contribution in [0.4, 0.5) is 0 Å². The van der Waals surface area contributed by atoms with Crippen LogP contribution < -0.4 is 0 Å². The molecule has 0 saturated carbocycles. The van der Waals surface area contributed by atoms with Crippen LogP contribution in [0.1, 0.15) is 109 Å². The first-order valence-electron chi connectivity index (χ1n) is 10.6. The number of hydrogen-bond acceptors (Lipinski definition) is 0. The van der Waals surface area contributed by atoms with E-state index in [1.165, 1.54) is 89.9 Å². The maximum absolute atomic E-state index is 5.87. The Morgan fingerprint density at radius 1 is 0.640 bits per heavy atom. The van der Waals surface area contributed by atoms with Gasteiger partial charge in [0.15, 0.2) is 0 Å². The second-order valence-electron chi connectivity index (χ2n) is 7.15.